The maximum atomic E-state index is 11.6. The monoisotopic (exact) mass is 500 g/mol. The molecule has 1 aliphatic rings. The van der Waals surface area contributed by atoms with Gasteiger partial charge in [0.25, 0.3) is 0 Å². The molecule has 4 rings (SSSR count). The Morgan fingerprint density at radius 2 is 1.35 bits per heavy atom. The van der Waals surface area contributed by atoms with Crippen molar-refractivity contribution in [3.63, 3.8) is 0 Å². The quantitative estimate of drug-likeness (QED) is 0.431. The molecule has 180 valence electrons. The van der Waals surface area contributed by atoms with Crippen molar-refractivity contribution >= 4 is 30.0 Å². The smallest absolute Gasteiger partial charge is 0.337 e. The van der Waals surface area contributed by atoms with Gasteiger partial charge in [-0.05, 0) is 28.8 Å². The first kappa shape index (κ1) is 26.2. The summed E-state index contributed by atoms with van der Waals surface area (Å²) in [6.45, 7) is 4.74. The molecule has 0 aliphatic carbocycles. The molecule has 0 bridgehead atoms. The highest BCUT2D eigenvalue weighted by molar-refractivity contribution is 6.30. The van der Waals surface area contributed by atoms with Crippen LogP contribution in [0.25, 0.3) is 0 Å². The largest absolute Gasteiger partial charge is 0.479 e. The fourth-order valence-electron chi connectivity index (χ4n) is 4.38. The van der Waals surface area contributed by atoms with Crippen LogP contribution in [0, 0.1) is 0 Å². The summed E-state index contributed by atoms with van der Waals surface area (Å²) in [5.74, 6) is -0.959. The molecule has 0 spiro atoms. The lowest BCUT2D eigenvalue weighted by Gasteiger charge is -2.39. The second-order valence-corrected chi connectivity index (χ2v) is 8.68. The van der Waals surface area contributed by atoms with Crippen LogP contribution in [-0.4, -0.2) is 60.2 Å². The molecule has 0 amide bonds. The Kier molecular flexibility index (Phi) is 9.93. The van der Waals surface area contributed by atoms with E-state index >= 15 is 0 Å². The highest BCUT2D eigenvalue weighted by atomic mass is 35.5. The van der Waals surface area contributed by atoms with Gasteiger partial charge in [-0.2, -0.15) is 0 Å². The maximum absolute atomic E-state index is 11.6. The van der Waals surface area contributed by atoms with Gasteiger partial charge >= 0.3 is 5.97 Å². The Bertz CT molecular complexity index is 1010. The standard InChI is InChI=1S/C27H29ClN2O3.ClH/c28-24-13-11-22(12-14-24)25(21-7-3-1-4-8-21)30-17-15-29(16-18-30)19-20-33-26(27(31)32)23-9-5-2-6-10-23;/h1-14,25-26H,15-20H2,(H,31,32);1H. The van der Waals surface area contributed by atoms with Gasteiger partial charge in [-0.15, -0.1) is 12.4 Å². The van der Waals surface area contributed by atoms with Crippen molar-refractivity contribution in [3.8, 4) is 0 Å². The lowest BCUT2D eigenvalue weighted by Crippen LogP contribution is -2.48. The third-order valence-corrected chi connectivity index (χ3v) is 6.34. The number of ether oxygens (including phenoxy) is 1. The number of carbonyl (C=O) groups is 1. The zero-order valence-electron chi connectivity index (χ0n) is 18.9. The molecule has 5 nitrogen and oxygen atoms in total. The van der Waals surface area contributed by atoms with Crippen LogP contribution in [0.2, 0.25) is 5.02 Å². The minimum atomic E-state index is -0.959. The van der Waals surface area contributed by atoms with Gasteiger partial charge in [-0.3, -0.25) is 9.80 Å². The van der Waals surface area contributed by atoms with Gasteiger partial charge in [0.05, 0.1) is 12.6 Å². The molecular weight excluding hydrogens is 471 g/mol. The Balaban J connectivity index is 0.00000324. The second-order valence-electron chi connectivity index (χ2n) is 8.24. The zero-order chi connectivity index (χ0) is 23.0. The molecule has 0 saturated carbocycles. The number of nitrogens with zero attached hydrogens (tertiary/aromatic N) is 2. The summed E-state index contributed by atoms with van der Waals surface area (Å²) < 4.78 is 5.75. The minimum Gasteiger partial charge on any atom is -0.479 e. The minimum absolute atomic E-state index is 0. The maximum Gasteiger partial charge on any atom is 0.337 e. The molecule has 0 aromatic heterocycles. The average Bonchev–Trinajstić information content (AvgIpc) is 2.85. The van der Waals surface area contributed by atoms with Crippen LogP contribution in [0.15, 0.2) is 84.9 Å². The van der Waals surface area contributed by atoms with E-state index in [9.17, 15) is 9.90 Å². The SMILES string of the molecule is Cl.O=C(O)C(OCCN1CCN(C(c2ccccc2)c2ccc(Cl)cc2)CC1)c1ccccc1. The predicted octanol–water partition coefficient (Wildman–Crippen LogP) is 5.31. The Labute approximate surface area is 212 Å². The first-order valence-corrected chi connectivity index (χ1v) is 11.7. The molecule has 0 radical (unpaired) electrons. The first-order chi connectivity index (χ1) is 16.1. The summed E-state index contributed by atoms with van der Waals surface area (Å²) in [5, 5.41) is 10.3. The van der Waals surface area contributed by atoms with Crippen molar-refractivity contribution < 1.29 is 14.6 Å². The van der Waals surface area contributed by atoms with Crippen molar-refractivity contribution in [2.24, 2.45) is 0 Å². The summed E-state index contributed by atoms with van der Waals surface area (Å²) >= 11 is 6.13. The average molecular weight is 501 g/mol. The lowest BCUT2D eigenvalue weighted by molar-refractivity contribution is -0.151. The summed E-state index contributed by atoms with van der Waals surface area (Å²) in [7, 11) is 0. The van der Waals surface area contributed by atoms with Crippen molar-refractivity contribution in [1.82, 2.24) is 9.80 Å². The first-order valence-electron chi connectivity index (χ1n) is 11.3. The van der Waals surface area contributed by atoms with Gasteiger partial charge in [0, 0.05) is 37.7 Å². The van der Waals surface area contributed by atoms with E-state index in [-0.39, 0.29) is 18.4 Å². The van der Waals surface area contributed by atoms with Crippen molar-refractivity contribution in [2.45, 2.75) is 12.1 Å². The van der Waals surface area contributed by atoms with Crippen molar-refractivity contribution in [3.05, 3.63) is 107 Å². The Morgan fingerprint density at radius 3 is 1.91 bits per heavy atom. The summed E-state index contributed by atoms with van der Waals surface area (Å²) in [6, 6.07) is 28.0. The number of hydrogen-bond donors (Lipinski definition) is 1. The number of rotatable bonds is 9. The van der Waals surface area contributed by atoms with Gasteiger partial charge in [0.15, 0.2) is 6.10 Å². The van der Waals surface area contributed by atoms with Crippen LogP contribution >= 0.6 is 24.0 Å². The zero-order valence-corrected chi connectivity index (χ0v) is 20.5. The molecule has 1 N–H and O–H groups in total. The van der Waals surface area contributed by atoms with E-state index in [0.717, 1.165) is 31.2 Å². The molecule has 7 heteroatoms. The number of aliphatic carboxylic acids is 1. The summed E-state index contributed by atoms with van der Waals surface area (Å²) in [6.07, 6.45) is -0.931. The van der Waals surface area contributed by atoms with E-state index in [1.807, 2.05) is 36.4 Å². The van der Waals surface area contributed by atoms with Gasteiger partial charge in [0.1, 0.15) is 0 Å². The van der Waals surface area contributed by atoms with E-state index in [1.54, 1.807) is 12.1 Å². The van der Waals surface area contributed by atoms with E-state index < -0.39 is 12.1 Å². The van der Waals surface area contributed by atoms with E-state index in [1.165, 1.54) is 11.1 Å². The predicted molar refractivity (Wildman–Crippen MR) is 138 cm³/mol. The topological polar surface area (TPSA) is 53.0 Å². The van der Waals surface area contributed by atoms with Crippen LogP contribution in [0.5, 0.6) is 0 Å². The number of halogens is 2. The van der Waals surface area contributed by atoms with Crippen molar-refractivity contribution in [1.29, 1.82) is 0 Å². The van der Waals surface area contributed by atoms with Gasteiger partial charge in [-0.1, -0.05) is 84.4 Å². The molecule has 3 aromatic carbocycles. The number of benzene rings is 3. The molecule has 1 aliphatic heterocycles. The fraction of sp³-hybridized carbons (Fsp3) is 0.296. The summed E-state index contributed by atoms with van der Waals surface area (Å²) in [4.78, 5) is 16.5. The van der Waals surface area contributed by atoms with Gasteiger partial charge in [-0.25, -0.2) is 4.79 Å². The molecule has 3 aromatic rings. The fourth-order valence-corrected chi connectivity index (χ4v) is 4.50. The van der Waals surface area contributed by atoms with Gasteiger partial charge < -0.3 is 9.84 Å². The van der Waals surface area contributed by atoms with Crippen LogP contribution in [-0.2, 0) is 9.53 Å². The highest BCUT2D eigenvalue weighted by Crippen LogP contribution is 2.30. The number of carboxylic acids is 1. The van der Waals surface area contributed by atoms with Crippen LogP contribution in [0.4, 0.5) is 0 Å². The van der Waals surface area contributed by atoms with E-state index in [2.05, 4.69) is 46.2 Å². The molecule has 34 heavy (non-hydrogen) atoms. The molecule has 1 heterocycles. The third kappa shape index (κ3) is 6.81. The molecule has 1 saturated heterocycles. The number of carboxylic acid groups (broad SMARTS) is 1. The normalized spacial score (nSPS) is 16.4. The molecule has 2 atom stereocenters. The van der Waals surface area contributed by atoms with Crippen LogP contribution < -0.4 is 0 Å². The van der Waals surface area contributed by atoms with Crippen LogP contribution in [0.1, 0.15) is 28.8 Å². The van der Waals surface area contributed by atoms with E-state index in [0.29, 0.717) is 18.7 Å². The Morgan fingerprint density at radius 1 is 0.824 bits per heavy atom. The van der Waals surface area contributed by atoms with E-state index in [4.69, 9.17) is 16.3 Å². The Hall–Kier alpha value is -2.41. The van der Waals surface area contributed by atoms with Crippen LogP contribution in [0.3, 0.4) is 0 Å². The third-order valence-electron chi connectivity index (χ3n) is 6.09. The molecule has 1 fully saturated rings. The van der Waals surface area contributed by atoms with Gasteiger partial charge in [0.2, 0.25) is 0 Å². The highest BCUT2D eigenvalue weighted by Gasteiger charge is 2.27. The van der Waals surface area contributed by atoms with Crippen molar-refractivity contribution in [2.75, 3.05) is 39.3 Å². The number of hydrogen-bond acceptors (Lipinski definition) is 4. The second kappa shape index (κ2) is 12.9. The lowest BCUT2D eigenvalue weighted by atomic mass is 9.96. The molecular formula is C27H30Cl2N2O3. The molecule has 2 unspecified atom stereocenters. The number of piperazine rings is 1. The summed E-state index contributed by atoms with van der Waals surface area (Å²) in [5.41, 5.74) is 3.17.